The van der Waals surface area contributed by atoms with Gasteiger partial charge in [-0.2, -0.15) is 0 Å². The number of hydrogen-bond acceptors (Lipinski definition) is 2. The maximum absolute atomic E-state index is 12.0. The highest BCUT2D eigenvalue weighted by atomic mass is 16.4. The maximum Gasteiger partial charge on any atom is 0.305 e. The van der Waals surface area contributed by atoms with E-state index in [1.54, 1.807) is 4.90 Å². The van der Waals surface area contributed by atoms with Crippen LogP contribution in [0.5, 0.6) is 0 Å². The number of aliphatic carboxylic acids is 1. The number of carboxylic acids is 1. The summed E-state index contributed by atoms with van der Waals surface area (Å²) in [5, 5.41) is 9.09. The van der Waals surface area contributed by atoms with E-state index < -0.39 is 12.0 Å². The summed E-state index contributed by atoms with van der Waals surface area (Å²) in [5.41, 5.74) is 1.93. The van der Waals surface area contributed by atoms with Crippen LogP contribution in [0.4, 0.5) is 0 Å². The Hall–Kier alpha value is -2.28. The molecule has 0 spiro atoms. The second-order valence-electron chi connectivity index (χ2n) is 5.14. The number of nitrogens with zero attached hydrogens (tertiary/aromatic N) is 1. The molecule has 2 rings (SSSR count). The lowest BCUT2D eigenvalue weighted by Gasteiger charge is -2.27. The zero-order chi connectivity index (χ0) is 14.7. The maximum atomic E-state index is 12.0. The molecule has 4 nitrogen and oxygen atoms in total. The van der Waals surface area contributed by atoms with Crippen molar-refractivity contribution in [3.8, 4) is 12.3 Å². The molecule has 1 aliphatic heterocycles. The summed E-state index contributed by atoms with van der Waals surface area (Å²) >= 11 is 0. The van der Waals surface area contributed by atoms with E-state index in [1.807, 2.05) is 31.2 Å². The van der Waals surface area contributed by atoms with Crippen molar-refractivity contribution in [3.63, 3.8) is 0 Å². The van der Waals surface area contributed by atoms with Crippen molar-refractivity contribution in [2.45, 2.75) is 25.8 Å². The highest BCUT2D eigenvalue weighted by molar-refractivity contribution is 5.80. The molecule has 104 valence electrons. The van der Waals surface area contributed by atoms with Crippen molar-refractivity contribution < 1.29 is 14.7 Å². The van der Waals surface area contributed by atoms with E-state index in [1.165, 1.54) is 0 Å². The number of benzene rings is 1. The lowest BCUT2D eigenvalue weighted by atomic mass is 10.0. The zero-order valence-corrected chi connectivity index (χ0v) is 11.4. The van der Waals surface area contributed by atoms with Crippen molar-refractivity contribution >= 4 is 11.9 Å². The minimum Gasteiger partial charge on any atom is -0.481 e. The van der Waals surface area contributed by atoms with Crippen LogP contribution >= 0.6 is 0 Å². The summed E-state index contributed by atoms with van der Waals surface area (Å²) in [4.78, 5) is 24.7. The number of carbonyl (C=O) groups excluding carboxylic acids is 1. The van der Waals surface area contributed by atoms with Crippen LogP contribution in [0.3, 0.4) is 0 Å². The fourth-order valence-electron chi connectivity index (χ4n) is 2.51. The average Bonchev–Trinajstić information content (AvgIpc) is 2.78. The van der Waals surface area contributed by atoms with E-state index in [2.05, 4.69) is 5.92 Å². The molecule has 2 atom stereocenters. The molecular weight excluding hydrogens is 254 g/mol. The van der Waals surface area contributed by atoms with Crippen molar-refractivity contribution in [2.75, 3.05) is 6.54 Å². The average molecular weight is 271 g/mol. The molecule has 2 unspecified atom stereocenters. The highest BCUT2D eigenvalue weighted by Crippen LogP contribution is 2.31. The van der Waals surface area contributed by atoms with E-state index in [0.29, 0.717) is 13.0 Å². The molecule has 1 aromatic carbocycles. The molecule has 0 aromatic heterocycles. The van der Waals surface area contributed by atoms with Gasteiger partial charge in [0.15, 0.2) is 0 Å². The molecule has 1 aromatic rings. The second-order valence-corrected chi connectivity index (χ2v) is 5.14. The normalized spacial score (nSPS) is 19.7. The summed E-state index contributed by atoms with van der Waals surface area (Å²) < 4.78 is 0. The molecule has 1 N–H and O–H groups in total. The molecule has 1 heterocycles. The van der Waals surface area contributed by atoms with Crippen LogP contribution in [-0.2, 0) is 9.59 Å². The van der Waals surface area contributed by atoms with Gasteiger partial charge in [-0.25, -0.2) is 0 Å². The first-order valence-corrected chi connectivity index (χ1v) is 6.55. The zero-order valence-electron chi connectivity index (χ0n) is 11.4. The monoisotopic (exact) mass is 271 g/mol. The summed E-state index contributed by atoms with van der Waals surface area (Å²) in [6, 6.07) is 7.14. The van der Waals surface area contributed by atoms with Gasteiger partial charge in [-0.3, -0.25) is 9.59 Å². The largest absolute Gasteiger partial charge is 0.481 e. The minimum absolute atomic E-state index is 0.0697. The van der Waals surface area contributed by atoms with Crippen LogP contribution in [0.25, 0.3) is 0 Å². The third-order valence-corrected chi connectivity index (χ3v) is 3.60. The third-order valence-electron chi connectivity index (χ3n) is 3.60. The minimum atomic E-state index is -0.924. The molecule has 1 fully saturated rings. The van der Waals surface area contributed by atoms with Crippen molar-refractivity contribution in [3.05, 3.63) is 35.4 Å². The predicted octanol–water partition coefficient (Wildman–Crippen LogP) is 1.99. The molecule has 1 aliphatic rings. The van der Waals surface area contributed by atoms with Gasteiger partial charge in [0.05, 0.1) is 12.5 Å². The van der Waals surface area contributed by atoms with Gasteiger partial charge in [0.2, 0.25) is 5.91 Å². The fraction of sp³-hybridized carbons (Fsp3) is 0.375. The molecule has 0 saturated carbocycles. The van der Waals surface area contributed by atoms with Crippen LogP contribution in [0.1, 0.15) is 30.0 Å². The first-order chi connectivity index (χ1) is 9.51. The number of terminal acetylenes is 1. The van der Waals surface area contributed by atoms with Gasteiger partial charge in [-0.15, -0.1) is 12.3 Å². The molecule has 1 saturated heterocycles. The standard InChI is InChI=1S/C16H17NO3/c1-3-12-8-15(18)17(10-12)14(9-16(19)20)13-6-4-11(2)5-7-13/h1,4-7,12,14H,8-10H2,2H3,(H,19,20). The number of amides is 1. The summed E-state index contributed by atoms with van der Waals surface area (Å²) in [5.74, 6) is 1.47. The highest BCUT2D eigenvalue weighted by Gasteiger charge is 2.35. The Morgan fingerprint density at radius 3 is 2.65 bits per heavy atom. The van der Waals surface area contributed by atoms with Crippen molar-refractivity contribution in [2.24, 2.45) is 5.92 Å². The van der Waals surface area contributed by atoms with E-state index in [0.717, 1.165) is 11.1 Å². The number of carboxylic acid groups (broad SMARTS) is 1. The van der Waals surface area contributed by atoms with Gasteiger partial charge in [0.25, 0.3) is 0 Å². The molecule has 20 heavy (non-hydrogen) atoms. The Morgan fingerprint density at radius 2 is 2.15 bits per heavy atom. The fourth-order valence-corrected chi connectivity index (χ4v) is 2.51. The Labute approximate surface area is 118 Å². The summed E-state index contributed by atoms with van der Waals surface area (Å²) in [6.07, 6.45) is 5.57. The van der Waals surface area contributed by atoms with Crippen LogP contribution in [0.15, 0.2) is 24.3 Å². The van der Waals surface area contributed by atoms with Gasteiger partial charge >= 0.3 is 5.97 Å². The number of aryl methyl sites for hydroxylation is 1. The van der Waals surface area contributed by atoms with Crippen LogP contribution in [0, 0.1) is 25.2 Å². The predicted molar refractivity (Wildman–Crippen MR) is 74.8 cm³/mol. The van der Waals surface area contributed by atoms with Gasteiger partial charge in [0.1, 0.15) is 0 Å². The van der Waals surface area contributed by atoms with E-state index in [4.69, 9.17) is 11.5 Å². The number of likely N-dealkylation sites (tertiary alicyclic amines) is 1. The number of rotatable bonds is 4. The SMILES string of the molecule is C#CC1CC(=O)N(C(CC(=O)O)c2ccc(C)cc2)C1. The van der Waals surface area contributed by atoms with Gasteiger partial charge < -0.3 is 10.0 Å². The van der Waals surface area contributed by atoms with E-state index >= 15 is 0 Å². The molecule has 0 bridgehead atoms. The summed E-state index contributed by atoms with van der Waals surface area (Å²) in [6.45, 7) is 2.40. The Bertz CT molecular complexity index is 556. The van der Waals surface area contributed by atoms with E-state index in [-0.39, 0.29) is 18.2 Å². The topological polar surface area (TPSA) is 57.6 Å². The lowest BCUT2D eigenvalue weighted by Crippen LogP contribution is -2.31. The van der Waals surface area contributed by atoms with Crippen LogP contribution in [0.2, 0.25) is 0 Å². The molecule has 0 aliphatic carbocycles. The quantitative estimate of drug-likeness (QED) is 0.852. The van der Waals surface area contributed by atoms with E-state index in [9.17, 15) is 9.59 Å². The first-order valence-electron chi connectivity index (χ1n) is 6.55. The van der Waals surface area contributed by atoms with Crippen molar-refractivity contribution in [1.82, 2.24) is 4.90 Å². The molecule has 0 radical (unpaired) electrons. The second kappa shape index (κ2) is 5.79. The van der Waals surface area contributed by atoms with Crippen LogP contribution in [-0.4, -0.2) is 28.4 Å². The Morgan fingerprint density at radius 1 is 1.50 bits per heavy atom. The Balaban J connectivity index is 2.28. The molecule has 4 heteroatoms. The Kier molecular flexibility index (Phi) is 4.09. The van der Waals surface area contributed by atoms with Gasteiger partial charge in [0, 0.05) is 18.9 Å². The molecular formula is C16H17NO3. The number of carbonyl (C=O) groups is 2. The lowest BCUT2D eigenvalue weighted by molar-refractivity contribution is -0.139. The van der Waals surface area contributed by atoms with Crippen LogP contribution < -0.4 is 0 Å². The van der Waals surface area contributed by atoms with Gasteiger partial charge in [-0.1, -0.05) is 29.8 Å². The summed E-state index contributed by atoms with van der Waals surface area (Å²) in [7, 11) is 0. The van der Waals surface area contributed by atoms with Crippen molar-refractivity contribution in [1.29, 1.82) is 0 Å². The van der Waals surface area contributed by atoms with Gasteiger partial charge in [-0.05, 0) is 12.5 Å². The first kappa shape index (κ1) is 14.1. The number of hydrogen-bond donors (Lipinski definition) is 1. The smallest absolute Gasteiger partial charge is 0.305 e. The third kappa shape index (κ3) is 3.00. The molecule has 1 amide bonds.